The first kappa shape index (κ1) is 37.6. The first-order valence-electron chi connectivity index (χ1n) is 20.0. The van der Waals surface area contributed by atoms with E-state index in [1.165, 1.54) is 38.0 Å². The van der Waals surface area contributed by atoms with Crippen LogP contribution in [0.3, 0.4) is 0 Å². The smallest absolute Gasteiger partial charge is 0.242 e. The summed E-state index contributed by atoms with van der Waals surface area (Å²) in [4.78, 5) is 66.9. The Bertz CT molecular complexity index is 3080. The van der Waals surface area contributed by atoms with Gasteiger partial charge in [0.15, 0.2) is 17.1 Å². The number of carbonyl (C=O) groups is 4. The van der Waals surface area contributed by atoms with Crippen LogP contribution in [0.2, 0.25) is 5.02 Å². The largest absolute Gasteiger partial charge is 0.505 e. The minimum atomic E-state index is -1.42. The number of aryl methyl sites for hydroxylation is 2. The summed E-state index contributed by atoms with van der Waals surface area (Å²) in [6.45, 7) is 3.72. The van der Waals surface area contributed by atoms with Gasteiger partial charge < -0.3 is 9.52 Å². The maximum absolute atomic E-state index is 15.3. The fourth-order valence-electron chi connectivity index (χ4n) is 10.5. The molecule has 4 aromatic carbocycles. The number of aromatic hydroxyl groups is 1. The molecule has 3 fully saturated rings. The van der Waals surface area contributed by atoms with Crippen molar-refractivity contribution in [3.63, 3.8) is 0 Å². The number of fused-ring (bicyclic) bond motifs is 6. The van der Waals surface area contributed by atoms with Gasteiger partial charge in [-0.2, -0.15) is 5.10 Å². The molecule has 2 aliphatic carbocycles. The van der Waals surface area contributed by atoms with Crippen molar-refractivity contribution >= 4 is 79.3 Å². The number of amides is 4. The number of imide groups is 2. The average molecular weight is 852 g/mol. The second-order valence-electron chi connectivity index (χ2n) is 16.6. The van der Waals surface area contributed by atoms with E-state index in [0.29, 0.717) is 50.1 Å². The molecule has 1 N–H and O–H groups in total. The van der Waals surface area contributed by atoms with Crippen LogP contribution in [0.1, 0.15) is 36.8 Å². The van der Waals surface area contributed by atoms with Crippen LogP contribution in [0.25, 0.3) is 43.2 Å². The number of hydrogen-bond acceptors (Lipinski definition) is 9. The first-order valence-corrected chi connectivity index (χ1v) is 21.2. The maximum atomic E-state index is 15.3. The Hall–Kier alpha value is -6.44. The molecule has 6 atom stereocenters. The zero-order valence-corrected chi connectivity index (χ0v) is 34.5. The predicted molar refractivity (Wildman–Crippen MR) is 228 cm³/mol. The van der Waals surface area contributed by atoms with Crippen molar-refractivity contribution in [1.82, 2.24) is 14.8 Å². The number of rotatable bonds is 5. The van der Waals surface area contributed by atoms with E-state index in [2.05, 4.69) is 4.98 Å². The average Bonchev–Trinajstić information content (AvgIpc) is 4.03. The second kappa shape index (κ2) is 13.3. The third-order valence-electron chi connectivity index (χ3n) is 13.5. The van der Waals surface area contributed by atoms with Crippen molar-refractivity contribution in [2.24, 2.45) is 36.1 Å². The first-order chi connectivity index (χ1) is 29.3. The highest BCUT2D eigenvalue weighted by Crippen LogP contribution is 2.64. The quantitative estimate of drug-likeness (QED) is 0.134. The molecule has 5 heterocycles. The monoisotopic (exact) mass is 851 g/mol. The predicted octanol–water partition coefficient (Wildman–Crippen LogP) is 9.35. The molecule has 0 spiro atoms. The molecular formula is C47H35ClFN5O6S. The minimum Gasteiger partial charge on any atom is -0.505 e. The van der Waals surface area contributed by atoms with Crippen molar-refractivity contribution in [1.29, 1.82) is 0 Å². The standard InChI is InChI=1S/C47H35ClFN5O6S/c1-22-29-19-25(48)11-17-37(29)61-41(22)34-21-38(52(3)51-34)54-44(57)31-20-30-27(40(47(31,2)46(54)59)24-10-16-35(55)32(49)18-24)14-15-28-39(30)45(58)53(43(28)56)26-12-8-23(9-13-26)42-50-33-6-4-5-7-36(33)60-42/h4-14,16-19,21,28,30-31,39-40,55H,15,20H2,1-3H3/t28-,30+,31-,39-,40-,47+/m0/s1. The van der Waals surface area contributed by atoms with Crippen molar-refractivity contribution in [3.05, 3.63) is 125 Å². The van der Waals surface area contributed by atoms with E-state index in [1.807, 2.05) is 55.5 Å². The normalized spacial score (nSPS) is 24.8. The molecule has 304 valence electrons. The highest BCUT2D eigenvalue weighted by molar-refractivity contribution is 7.22. The molecule has 11 nitrogen and oxygen atoms in total. The number of anilines is 2. The fourth-order valence-corrected chi connectivity index (χ4v) is 11.9. The van der Waals surface area contributed by atoms with Gasteiger partial charge in [-0.3, -0.25) is 28.8 Å². The summed E-state index contributed by atoms with van der Waals surface area (Å²) in [6, 6.07) is 25.7. The molecule has 0 radical (unpaired) electrons. The third-order valence-corrected chi connectivity index (χ3v) is 15.0. The lowest BCUT2D eigenvalue weighted by Crippen LogP contribution is -2.49. The SMILES string of the molecule is Cc1c(-c2cc(N3C(=O)[C@@H]4C[C@@H]5C(=CC[C@@H]6C(=O)N(c7ccc(-c8nc9ccccc9o8)cc7)C(=O)[C@@H]65)[C@H](c5ccc(O)c(F)c5)[C@]4(C)C3=O)n(C)n2)sc2ccc(Cl)cc12. The van der Waals surface area contributed by atoms with Gasteiger partial charge in [-0.1, -0.05) is 41.4 Å². The van der Waals surface area contributed by atoms with Crippen LogP contribution in [-0.2, 0) is 26.2 Å². The number of aromatic nitrogens is 3. The molecule has 11 rings (SSSR count). The van der Waals surface area contributed by atoms with Crippen LogP contribution in [0.5, 0.6) is 5.75 Å². The van der Waals surface area contributed by atoms with Gasteiger partial charge in [0.25, 0.3) is 0 Å². The summed E-state index contributed by atoms with van der Waals surface area (Å²) < 4.78 is 23.8. The minimum absolute atomic E-state index is 0.117. The summed E-state index contributed by atoms with van der Waals surface area (Å²) in [5.74, 6) is -6.39. The van der Waals surface area contributed by atoms with E-state index >= 15 is 9.18 Å². The Labute approximate surface area is 356 Å². The van der Waals surface area contributed by atoms with Gasteiger partial charge >= 0.3 is 0 Å². The van der Waals surface area contributed by atoms with E-state index in [-0.39, 0.29) is 24.6 Å². The Balaban J connectivity index is 0.966. The number of nitrogens with zero attached hydrogens (tertiary/aromatic N) is 5. The van der Waals surface area contributed by atoms with Crippen molar-refractivity contribution < 1.29 is 33.1 Å². The summed E-state index contributed by atoms with van der Waals surface area (Å²) in [5.41, 5.74) is 3.63. The third kappa shape index (κ3) is 5.32. The van der Waals surface area contributed by atoms with Gasteiger partial charge in [-0.25, -0.2) is 14.3 Å². The molecule has 0 bridgehead atoms. The highest BCUT2D eigenvalue weighted by atomic mass is 35.5. The second-order valence-corrected chi connectivity index (χ2v) is 18.1. The maximum Gasteiger partial charge on any atom is 0.242 e. The lowest BCUT2D eigenvalue weighted by molar-refractivity contribution is -0.131. The summed E-state index contributed by atoms with van der Waals surface area (Å²) in [5, 5.41) is 16.6. The Kier molecular flexibility index (Phi) is 8.17. The Morgan fingerprint density at radius 1 is 0.918 bits per heavy atom. The van der Waals surface area contributed by atoms with Crippen molar-refractivity contribution in [3.8, 4) is 27.8 Å². The number of thiophene rings is 1. The van der Waals surface area contributed by atoms with E-state index < -0.39 is 64.3 Å². The van der Waals surface area contributed by atoms with Crippen molar-refractivity contribution in [2.45, 2.75) is 32.6 Å². The summed E-state index contributed by atoms with van der Waals surface area (Å²) in [7, 11) is 1.68. The molecule has 3 aromatic heterocycles. The number of phenolic OH excluding ortho intramolecular Hbond substituents is 1. The Morgan fingerprint density at radius 3 is 2.48 bits per heavy atom. The number of phenols is 1. The molecule has 4 aliphatic rings. The molecule has 2 aliphatic heterocycles. The van der Waals surface area contributed by atoms with Gasteiger partial charge in [0, 0.05) is 34.3 Å². The number of oxazole rings is 1. The van der Waals surface area contributed by atoms with Crippen LogP contribution < -0.4 is 9.80 Å². The van der Waals surface area contributed by atoms with Gasteiger partial charge in [-0.05, 0) is 116 Å². The number of carbonyl (C=O) groups excluding carboxylic acids is 4. The van der Waals surface area contributed by atoms with Gasteiger partial charge in [-0.15, -0.1) is 11.3 Å². The van der Waals surface area contributed by atoms with Crippen LogP contribution in [0, 0.1) is 41.8 Å². The number of hydrogen-bond donors (Lipinski definition) is 1. The lowest BCUT2D eigenvalue weighted by atomic mass is 9.51. The zero-order valence-electron chi connectivity index (χ0n) is 32.9. The van der Waals surface area contributed by atoms with Crippen LogP contribution >= 0.6 is 22.9 Å². The number of para-hydroxylation sites is 2. The number of allylic oxidation sites excluding steroid dienone is 2. The van der Waals surface area contributed by atoms with E-state index in [4.69, 9.17) is 21.1 Å². The van der Waals surface area contributed by atoms with Crippen LogP contribution in [-0.4, -0.2) is 43.5 Å². The molecule has 4 amide bonds. The molecule has 1 saturated carbocycles. The topological polar surface area (TPSA) is 139 Å². The zero-order chi connectivity index (χ0) is 42.2. The number of benzene rings is 4. The summed E-state index contributed by atoms with van der Waals surface area (Å²) in [6.07, 6.45) is 2.24. The van der Waals surface area contributed by atoms with Gasteiger partial charge in [0.2, 0.25) is 29.5 Å². The molecule has 7 aromatic rings. The van der Waals surface area contributed by atoms with Crippen LogP contribution in [0.4, 0.5) is 15.9 Å². The molecule has 14 heteroatoms. The van der Waals surface area contributed by atoms with E-state index in [9.17, 15) is 19.5 Å². The molecular weight excluding hydrogens is 817 g/mol. The fraction of sp³-hybridized carbons (Fsp3) is 0.234. The lowest BCUT2D eigenvalue weighted by Gasteiger charge is -2.49. The number of halogens is 2. The van der Waals surface area contributed by atoms with Crippen molar-refractivity contribution in [2.75, 3.05) is 9.80 Å². The highest BCUT2D eigenvalue weighted by Gasteiger charge is 2.68. The molecule has 61 heavy (non-hydrogen) atoms. The van der Waals surface area contributed by atoms with E-state index in [0.717, 1.165) is 20.5 Å². The van der Waals surface area contributed by atoms with Crippen LogP contribution in [0.15, 0.2) is 107 Å². The Morgan fingerprint density at radius 2 is 1.70 bits per heavy atom. The molecule has 0 unspecified atom stereocenters. The molecule has 2 saturated heterocycles. The van der Waals surface area contributed by atoms with Gasteiger partial charge in [0.1, 0.15) is 17.0 Å². The van der Waals surface area contributed by atoms with Gasteiger partial charge in [0.05, 0.1) is 33.7 Å². The van der Waals surface area contributed by atoms with E-state index in [1.54, 1.807) is 50.4 Å². The summed E-state index contributed by atoms with van der Waals surface area (Å²) >= 11 is 7.86.